The lowest BCUT2D eigenvalue weighted by molar-refractivity contribution is 0.102. The van der Waals surface area contributed by atoms with Crippen LogP contribution < -0.4 is 10.6 Å². The Kier molecular flexibility index (Phi) is 4.35. The van der Waals surface area contributed by atoms with E-state index in [4.69, 9.17) is 0 Å². The van der Waals surface area contributed by atoms with Gasteiger partial charge >= 0.3 is 0 Å². The van der Waals surface area contributed by atoms with Crippen LogP contribution in [0.1, 0.15) is 28.5 Å². The van der Waals surface area contributed by atoms with Crippen molar-refractivity contribution in [1.82, 2.24) is 4.98 Å². The van der Waals surface area contributed by atoms with Crippen molar-refractivity contribution in [3.05, 3.63) is 53.2 Å². The van der Waals surface area contributed by atoms with E-state index in [9.17, 15) is 4.79 Å². The molecule has 0 radical (unpaired) electrons. The van der Waals surface area contributed by atoms with Crippen LogP contribution in [0, 0.1) is 13.8 Å². The first-order chi connectivity index (χ1) is 9.60. The molecule has 0 fully saturated rings. The number of aryl methyl sites for hydroxylation is 2. The molecule has 20 heavy (non-hydrogen) atoms. The average Bonchev–Trinajstić information content (AvgIpc) is 2.39. The van der Waals surface area contributed by atoms with Crippen LogP contribution in [0.25, 0.3) is 0 Å². The topological polar surface area (TPSA) is 54.0 Å². The quantitative estimate of drug-likeness (QED) is 0.894. The monoisotopic (exact) mass is 269 g/mol. The van der Waals surface area contributed by atoms with Gasteiger partial charge in [-0.05, 0) is 56.7 Å². The first kappa shape index (κ1) is 14.1. The summed E-state index contributed by atoms with van der Waals surface area (Å²) < 4.78 is 0. The Labute approximate surface area is 119 Å². The van der Waals surface area contributed by atoms with Crippen molar-refractivity contribution in [2.24, 2.45) is 0 Å². The number of pyridine rings is 1. The Hall–Kier alpha value is -2.36. The molecule has 0 aliphatic heterocycles. The maximum atomic E-state index is 12.2. The minimum atomic E-state index is -0.136. The predicted octanol–water partition coefficient (Wildman–Crippen LogP) is 3.38. The van der Waals surface area contributed by atoms with Gasteiger partial charge < -0.3 is 10.6 Å². The molecule has 0 unspecified atom stereocenters. The van der Waals surface area contributed by atoms with Gasteiger partial charge in [0.1, 0.15) is 5.82 Å². The van der Waals surface area contributed by atoms with Gasteiger partial charge in [0.05, 0.1) is 0 Å². The number of nitrogens with one attached hydrogen (secondary N) is 2. The van der Waals surface area contributed by atoms with Gasteiger partial charge in [0.15, 0.2) is 0 Å². The van der Waals surface area contributed by atoms with E-state index in [-0.39, 0.29) is 5.91 Å². The van der Waals surface area contributed by atoms with Crippen molar-refractivity contribution < 1.29 is 4.79 Å². The number of hydrogen-bond donors (Lipinski definition) is 2. The highest BCUT2D eigenvalue weighted by Gasteiger charge is 2.10. The van der Waals surface area contributed by atoms with Gasteiger partial charge in [0.25, 0.3) is 5.91 Å². The Morgan fingerprint density at radius 3 is 2.65 bits per heavy atom. The summed E-state index contributed by atoms with van der Waals surface area (Å²) in [6, 6.07) is 11.3. The Bertz CT molecular complexity index is 623. The molecule has 1 heterocycles. The molecule has 0 aliphatic rings. The van der Waals surface area contributed by atoms with Crippen molar-refractivity contribution in [1.29, 1.82) is 0 Å². The van der Waals surface area contributed by atoms with Crippen molar-refractivity contribution in [2.45, 2.75) is 20.8 Å². The number of amides is 1. The molecular formula is C16H19N3O. The second-order valence-electron chi connectivity index (χ2n) is 4.68. The average molecular weight is 269 g/mol. The second kappa shape index (κ2) is 6.19. The van der Waals surface area contributed by atoms with Gasteiger partial charge in [-0.15, -0.1) is 0 Å². The molecule has 1 aromatic heterocycles. The van der Waals surface area contributed by atoms with Crippen LogP contribution >= 0.6 is 0 Å². The first-order valence-electron chi connectivity index (χ1n) is 6.69. The van der Waals surface area contributed by atoms with Gasteiger partial charge in [0, 0.05) is 23.5 Å². The van der Waals surface area contributed by atoms with Crippen LogP contribution in [0.2, 0.25) is 0 Å². The minimum Gasteiger partial charge on any atom is -0.385 e. The van der Waals surface area contributed by atoms with Crippen LogP contribution in [-0.2, 0) is 0 Å². The number of benzene rings is 1. The third-order valence-electron chi connectivity index (χ3n) is 2.98. The van der Waals surface area contributed by atoms with E-state index in [1.54, 1.807) is 6.07 Å². The van der Waals surface area contributed by atoms with E-state index in [0.29, 0.717) is 11.4 Å². The zero-order valence-electron chi connectivity index (χ0n) is 12.0. The highest BCUT2D eigenvalue weighted by atomic mass is 16.1. The molecule has 0 aliphatic carbocycles. The van der Waals surface area contributed by atoms with E-state index in [0.717, 1.165) is 23.5 Å². The van der Waals surface area contributed by atoms with Crippen LogP contribution in [0.15, 0.2) is 36.4 Å². The summed E-state index contributed by atoms with van der Waals surface area (Å²) in [5, 5.41) is 6.05. The largest absolute Gasteiger partial charge is 0.385 e. The molecule has 0 atom stereocenters. The number of nitrogens with zero attached hydrogens (tertiary/aromatic N) is 1. The molecule has 0 bridgehead atoms. The highest BCUT2D eigenvalue weighted by molar-refractivity contribution is 6.05. The molecule has 0 spiro atoms. The number of rotatable bonds is 4. The standard InChI is InChI=1S/C16H19N3O/c1-4-17-13-8-9-14(11(2)10-13)16(20)19-15-7-5-6-12(3)18-15/h5-10,17H,4H2,1-3H3,(H,18,19,20). The van der Waals surface area contributed by atoms with Crippen LogP contribution in [-0.4, -0.2) is 17.4 Å². The Morgan fingerprint density at radius 2 is 2.00 bits per heavy atom. The van der Waals surface area contributed by atoms with Crippen molar-refractivity contribution in [3.63, 3.8) is 0 Å². The molecule has 0 saturated carbocycles. The molecule has 0 saturated heterocycles. The molecule has 2 N–H and O–H groups in total. The number of carbonyl (C=O) groups is 1. The van der Waals surface area contributed by atoms with Gasteiger partial charge in [-0.2, -0.15) is 0 Å². The molecule has 4 nitrogen and oxygen atoms in total. The zero-order chi connectivity index (χ0) is 14.5. The Morgan fingerprint density at radius 1 is 1.20 bits per heavy atom. The number of aromatic nitrogens is 1. The van der Waals surface area contributed by atoms with Crippen LogP contribution in [0.4, 0.5) is 11.5 Å². The lowest BCUT2D eigenvalue weighted by Gasteiger charge is -2.10. The van der Waals surface area contributed by atoms with Crippen LogP contribution in [0.5, 0.6) is 0 Å². The third-order valence-corrected chi connectivity index (χ3v) is 2.98. The van der Waals surface area contributed by atoms with E-state index in [1.165, 1.54) is 0 Å². The second-order valence-corrected chi connectivity index (χ2v) is 4.68. The van der Waals surface area contributed by atoms with Crippen LogP contribution in [0.3, 0.4) is 0 Å². The lowest BCUT2D eigenvalue weighted by Crippen LogP contribution is -2.14. The van der Waals surface area contributed by atoms with E-state index in [1.807, 2.05) is 51.1 Å². The molecule has 1 aromatic carbocycles. The van der Waals surface area contributed by atoms with Gasteiger partial charge in [-0.1, -0.05) is 6.07 Å². The van der Waals surface area contributed by atoms with Crippen molar-refractivity contribution >= 4 is 17.4 Å². The molecular weight excluding hydrogens is 250 g/mol. The fourth-order valence-electron chi connectivity index (χ4n) is 2.03. The minimum absolute atomic E-state index is 0.136. The molecule has 1 amide bonds. The van der Waals surface area contributed by atoms with Crippen molar-refractivity contribution in [3.8, 4) is 0 Å². The number of hydrogen-bond acceptors (Lipinski definition) is 3. The number of carbonyl (C=O) groups excluding carboxylic acids is 1. The van der Waals surface area contributed by atoms with Gasteiger partial charge in [-0.3, -0.25) is 4.79 Å². The van der Waals surface area contributed by atoms with Gasteiger partial charge in [0.2, 0.25) is 0 Å². The summed E-state index contributed by atoms with van der Waals surface area (Å²) in [5.41, 5.74) is 3.50. The fourth-order valence-corrected chi connectivity index (χ4v) is 2.03. The normalized spacial score (nSPS) is 10.2. The smallest absolute Gasteiger partial charge is 0.257 e. The molecule has 4 heteroatoms. The summed E-state index contributed by atoms with van der Waals surface area (Å²) in [7, 11) is 0. The zero-order valence-corrected chi connectivity index (χ0v) is 12.0. The molecule has 2 rings (SSSR count). The lowest BCUT2D eigenvalue weighted by atomic mass is 10.1. The molecule has 104 valence electrons. The van der Waals surface area contributed by atoms with E-state index >= 15 is 0 Å². The Balaban J connectivity index is 2.17. The summed E-state index contributed by atoms with van der Waals surface area (Å²) >= 11 is 0. The maximum Gasteiger partial charge on any atom is 0.257 e. The summed E-state index contributed by atoms with van der Waals surface area (Å²) in [4.78, 5) is 16.5. The summed E-state index contributed by atoms with van der Waals surface area (Å²) in [5.74, 6) is 0.439. The highest BCUT2D eigenvalue weighted by Crippen LogP contribution is 2.16. The van der Waals surface area contributed by atoms with Crippen molar-refractivity contribution in [2.75, 3.05) is 17.2 Å². The third kappa shape index (κ3) is 3.35. The van der Waals surface area contributed by atoms with E-state index in [2.05, 4.69) is 15.6 Å². The summed E-state index contributed by atoms with van der Waals surface area (Å²) in [6.45, 7) is 6.73. The molecule has 2 aromatic rings. The fraction of sp³-hybridized carbons (Fsp3) is 0.250. The summed E-state index contributed by atoms with van der Waals surface area (Å²) in [6.07, 6.45) is 0. The predicted molar refractivity (Wildman–Crippen MR) is 82.3 cm³/mol. The van der Waals surface area contributed by atoms with Gasteiger partial charge in [-0.25, -0.2) is 4.98 Å². The maximum absolute atomic E-state index is 12.2. The number of anilines is 2. The SMILES string of the molecule is CCNc1ccc(C(=O)Nc2cccc(C)n2)c(C)c1. The first-order valence-corrected chi connectivity index (χ1v) is 6.69. The van der Waals surface area contributed by atoms with E-state index < -0.39 is 0 Å².